The summed E-state index contributed by atoms with van der Waals surface area (Å²) in [7, 11) is 0. The number of amides is 1. The summed E-state index contributed by atoms with van der Waals surface area (Å²) in [5, 5.41) is 3.24. The van der Waals surface area contributed by atoms with Crippen molar-refractivity contribution in [1.82, 2.24) is 19.4 Å². The molecule has 0 bridgehead atoms. The third-order valence-electron chi connectivity index (χ3n) is 4.39. The van der Waals surface area contributed by atoms with E-state index >= 15 is 0 Å². The molecule has 0 aliphatic carbocycles. The topological polar surface area (TPSA) is 59.3 Å². The number of nitrogens with zero attached hydrogens (tertiary/aromatic N) is 3. The van der Waals surface area contributed by atoms with Crippen molar-refractivity contribution < 1.29 is 4.79 Å². The fourth-order valence-electron chi connectivity index (χ4n) is 3.21. The number of nitrogens with one attached hydrogen (secondary N) is 1. The van der Waals surface area contributed by atoms with E-state index in [1.807, 2.05) is 33.7 Å². The maximum absolute atomic E-state index is 12.7. The number of rotatable bonds is 5. The summed E-state index contributed by atoms with van der Waals surface area (Å²) in [6, 6.07) is 7.82. The highest BCUT2D eigenvalue weighted by Gasteiger charge is 2.18. The number of aromatic nitrogens is 2. The van der Waals surface area contributed by atoms with Gasteiger partial charge < -0.3 is 10.2 Å². The molecule has 1 aliphatic heterocycles. The van der Waals surface area contributed by atoms with Crippen molar-refractivity contribution in [3.8, 4) is 0 Å². The number of carbonyl (C=O) groups excluding carboxylic acids is 1. The van der Waals surface area contributed by atoms with Gasteiger partial charge in [-0.25, -0.2) is 4.79 Å². The molecule has 1 aromatic heterocycles. The van der Waals surface area contributed by atoms with Crippen LogP contribution in [0.2, 0.25) is 0 Å². The van der Waals surface area contributed by atoms with Crippen LogP contribution in [0.25, 0.3) is 11.0 Å². The van der Waals surface area contributed by atoms with Crippen molar-refractivity contribution in [2.24, 2.45) is 0 Å². The van der Waals surface area contributed by atoms with Gasteiger partial charge >= 0.3 is 5.69 Å². The molecule has 1 fully saturated rings. The third kappa shape index (κ3) is 3.65. The van der Waals surface area contributed by atoms with Crippen molar-refractivity contribution in [2.75, 3.05) is 26.2 Å². The number of fused-ring (bicyclic) bond motifs is 1. The molecule has 1 aromatic carbocycles. The SMILES string of the molecule is CCCn1c(=O)n(CCC(=O)N2CCNCC2)c2ccccc21.Cl. The minimum atomic E-state index is -0.0128. The summed E-state index contributed by atoms with van der Waals surface area (Å²) in [5.74, 6) is 0.130. The highest BCUT2D eigenvalue weighted by molar-refractivity contribution is 5.85. The molecule has 1 saturated heterocycles. The lowest BCUT2D eigenvalue weighted by atomic mass is 10.3. The summed E-state index contributed by atoms with van der Waals surface area (Å²) in [5.41, 5.74) is 1.86. The number of hydrogen-bond acceptors (Lipinski definition) is 3. The van der Waals surface area contributed by atoms with E-state index in [4.69, 9.17) is 0 Å². The Morgan fingerprint density at radius 1 is 1.08 bits per heavy atom. The molecule has 2 aromatic rings. The second-order valence-electron chi connectivity index (χ2n) is 5.96. The normalized spacial score (nSPS) is 14.6. The van der Waals surface area contributed by atoms with Gasteiger partial charge in [0.25, 0.3) is 0 Å². The molecular weight excluding hydrogens is 328 g/mol. The summed E-state index contributed by atoms with van der Waals surface area (Å²) < 4.78 is 3.55. The molecule has 7 heteroatoms. The average molecular weight is 353 g/mol. The van der Waals surface area contributed by atoms with Crippen LogP contribution in [-0.4, -0.2) is 46.1 Å². The minimum absolute atomic E-state index is 0. The Morgan fingerprint density at radius 3 is 2.25 bits per heavy atom. The van der Waals surface area contributed by atoms with E-state index in [1.165, 1.54) is 0 Å². The van der Waals surface area contributed by atoms with Crippen LogP contribution < -0.4 is 11.0 Å². The zero-order chi connectivity index (χ0) is 16.2. The highest BCUT2D eigenvalue weighted by Crippen LogP contribution is 2.14. The zero-order valence-electron chi connectivity index (χ0n) is 14.0. The van der Waals surface area contributed by atoms with E-state index in [2.05, 4.69) is 12.2 Å². The standard InChI is InChI=1S/C17H24N4O2.ClH/c1-2-10-20-14-5-3-4-6-15(14)21(17(20)23)11-7-16(22)19-12-8-18-9-13-19;/h3-6,18H,2,7-13H2,1H3;1H. The minimum Gasteiger partial charge on any atom is -0.340 e. The van der Waals surface area contributed by atoms with Crippen LogP contribution in [0.3, 0.4) is 0 Å². The van der Waals surface area contributed by atoms with Gasteiger partial charge in [-0.05, 0) is 18.6 Å². The second-order valence-corrected chi connectivity index (χ2v) is 5.96. The van der Waals surface area contributed by atoms with Crippen LogP contribution in [0, 0.1) is 0 Å². The molecule has 3 rings (SSSR count). The van der Waals surface area contributed by atoms with Crippen LogP contribution in [0.15, 0.2) is 29.1 Å². The van der Waals surface area contributed by atoms with Crippen LogP contribution in [-0.2, 0) is 17.9 Å². The molecule has 132 valence electrons. The first-order valence-electron chi connectivity index (χ1n) is 8.39. The molecule has 0 spiro atoms. The Bertz CT molecular complexity index is 747. The molecule has 0 atom stereocenters. The van der Waals surface area contributed by atoms with Crippen molar-refractivity contribution in [1.29, 1.82) is 0 Å². The number of hydrogen-bond donors (Lipinski definition) is 1. The summed E-state index contributed by atoms with van der Waals surface area (Å²) in [4.78, 5) is 26.9. The van der Waals surface area contributed by atoms with E-state index in [0.717, 1.165) is 43.6 Å². The van der Waals surface area contributed by atoms with Crippen molar-refractivity contribution in [2.45, 2.75) is 32.9 Å². The predicted molar refractivity (Wildman–Crippen MR) is 97.8 cm³/mol. The van der Waals surface area contributed by atoms with E-state index in [0.29, 0.717) is 19.5 Å². The van der Waals surface area contributed by atoms with E-state index in [-0.39, 0.29) is 24.0 Å². The van der Waals surface area contributed by atoms with Gasteiger partial charge in [-0.2, -0.15) is 0 Å². The van der Waals surface area contributed by atoms with Gasteiger partial charge in [-0.15, -0.1) is 12.4 Å². The van der Waals surface area contributed by atoms with Gasteiger partial charge in [0.05, 0.1) is 11.0 Å². The van der Waals surface area contributed by atoms with E-state index in [9.17, 15) is 9.59 Å². The predicted octanol–water partition coefficient (Wildman–Crippen LogP) is 1.46. The van der Waals surface area contributed by atoms with E-state index in [1.54, 1.807) is 4.57 Å². The lowest BCUT2D eigenvalue weighted by molar-refractivity contribution is -0.131. The zero-order valence-corrected chi connectivity index (χ0v) is 14.8. The maximum Gasteiger partial charge on any atom is 0.329 e. The third-order valence-corrected chi connectivity index (χ3v) is 4.39. The summed E-state index contributed by atoms with van der Waals surface area (Å²) in [6.07, 6.45) is 1.29. The Morgan fingerprint density at radius 2 is 1.67 bits per heavy atom. The van der Waals surface area contributed by atoms with Gasteiger partial charge in [-0.3, -0.25) is 13.9 Å². The average Bonchev–Trinajstić information content (AvgIpc) is 2.86. The van der Waals surface area contributed by atoms with E-state index < -0.39 is 0 Å². The van der Waals surface area contributed by atoms with Crippen molar-refractivity contribution in [3.63, 3.8) is 0 Å². The number of carbonyl (C=O) groups is 1. The first-order valence-corrected chi connectivity index (χ1v) is 8.39. The second kappa shape index (κ2) is 8.35. The first kappa shape index (κ1) is 18.5. The Hall–Kier alpha value is -1.79. The Labute approximate surface area is 147 Å². The smallest absolute Gasteiger partial charge is 0.329 e. The lowest BCUT2D eigenvalue weighted by Crippen LogP contribution is -2.46. The molecule has 6 nitrogen and oxygen atoms in total. The maximum atomic E-state index is 12.7. The van der Waals surface area contributed by atoms with Crippen LogP contribution in [0.4, 0.5) is 0 Å². The number of imidazole rings is 1. The molecule has 0 saturated carbocycles. The molecule has 1 N–H and O–H groups in total. The number of halogens is 1. The van der Waals surface area contributed by atoms with Crippen LogP contribution >= 0.6 is 12.4 Å². The molecule has 0 unspecified atom stereocenters. The molecule has 1 aliphatic rings. The quantitative estimate of drug-likeness (QED) is 0.886. The fourth-order valence-corrected chi connectivity index (χ4v) is 3.21. The monoisotopic (exact) mass is 352 g/mol. The lowest BCUT2D eigenvalue weighted by Gasteiger charge is -2.27. The van der Waals surface area contributed by atoms with Crippen molar-refractivity contribution in [3.05, 3.63) is 34.7 Å². The van der Waals surface area contributed by atoms with Gasteiger partial charge in [0.15, 0.2) is 0 Å². The van der Waals surface area contributed by atoms with Gasteiger partial charge in [0, 0.05) is 45.7 Å². The molecular formula is C17H25ClN4O2. The number of benzene rings is 1. The van der Waals surface area contributed by atoms with Gasteiger partial charge in [0.1, 0.15) is 0 Å². The summed E-state index contributed by atoms with van der Waals surface area (Å²) >= 11 is 0. The first-order chi connectivity index (χ1) is 11.2. The Balaban J connectivity index is 0.00000208. The highest BCUT2D eigenvalue weighted by atomic mass is 35.5. The van der Waals surface area contributed by atoms with Crippen LogP contribution in [0.5, 0.6) is 0 Å². The fraction of sp³-hybridized carbons (Fsp3) is 0.529. The largest absolute Gasteiger partial charge is 0.340 e. The molecule has 24 heavy (non-hydrogen) atoms. The summed E-state index contributed by atoms with van der Waals surface area (Å²) in [6.45, 7) is 6.42. The Kier molecular flexibility index (Phi) is 6.45. The number of aryl methyl sites for hydroxylation is 2. The molecule has 1 amide bonds. The van der Waals surface area contributed by atoms with Gasteiger partial charge in [0.2, 0.25) is 5.91 Å². The molecule has 2 heterocycles. The number of piperazine rings is 1. The van der Waals surface area contributed by atoms with Crippen molar-refractivity contribution >= 4 is 29.3 Å². The number of para-hydroxylation sites is 2. The molecule has 0 radical (unpaired) electrons. The van der Waals surface area contributed by atoms with Gasteiger partial charge in [-0.1, -0.05) is 19.1 Å². The van der Waals surface area contributed by atoms with Crippen LogP contribution in [0.1, 0.15) is 19.8 Å².